The first-order valence-electron chi connectivity index (χ1n) is 18.3. The topological polar surface area (TPSA) is 104 Å². The largest absolute Gasteiger partial charge is 0.462 e. The van der Waals surface area contributed by atoms with Crippen molar-refractivity contribution in [3.8, 4) is 0 Å². The molecule has 8 nitrogen and oxygen atoms in total. The van der Waals surface area contributed by atoms with Gasteiger partial charge in [0, 0.05) is 25.2 Å². The molecule has 0 radical (unpaired) electrons. The maximum Gasteiger partial charge on any atom is 0.316 e. The average molecular weight is 687 g/mol. The number of ether oxygens (including phenoxy) is 4. The number of hydrogen-bond acceptors (Lipinski definition) is 8. The summed E-state index contributed by atoms with van der Waals surface area (Å²) in [6, 6.07) is 0. The molecule has 270 valence electrons. The molecular weight excluding hydrogens is 625 g/mol. The Morgan fingerprint density at radius 1 is 1.08 bits per heavy atom. The van der Waals surface area contributed by atoms with Crippen LogP contribution in [0.1, 0.15) is 94.4 Å². The quantitative estimate of drug-likeness (QED) is 0.183. The molecule has 5 aliphatic rings. The molecule has 0 saturated carbocycles. The van der Waals surface area contributed by atoms with E-state index in [1.807, 2.05) is 45.1 Å². The van der Waals surface area contributed by atoms with Crippen LogP contribution in [-0.2, 0) is 28.2 Å². The number of allylic oxidation sites excluding steroid dienone is 2. The molecule has 2 N–H and O–H groups in total. The smallest absolute Gasteiger partial charge is 0.316 e. The SMILES string of the molecule is CC1=C[C@H]2C(=O)O[C@H]3C[C@@H](C/C=C(\C)[C@H](O)[C@@H](C)/C=C/C=C4\CO[C@H]([C@@H]1O[Si](C)(C)C(C)(C)C)[C@@]42O)O[C@@]1(CC[C@H](C)[C@@H](C(C)C)O1)C3. The Morgan fingerprint density at radius 2 is 1.79 bits per heavy atom. The van der Waals surface area contributed by atoms with Crippen molar-refractivity contribution in [1.29, 1.82) is 0 Å². The van der Waals surface area contributed by atoms with E-state index in [2.05, 4.69) is 60.7 Å². The number of aliphatic hydroxyl groups excluding tert-OH is 1. The van der Waals surface area contributed by atoms with Crippen molar-refractivity contribution in [2.45, 2.75) is 161 Å². The van der Waals surface area contributed by atoms with Crippen molar-refractivity contribution in [1.82, 2.24) is 0 Å². The fourth-order valence-corrected chi connectivity index (χ4v) is 9.36. The van der Waals surface area contributed by atoms with Crippen LogP contribution in [0.15, 0.2) is 47.1 Å². The van der Waals surface area contributed by atoms with Crippen LogP contribution in [0.5, 0.6) is 0 Å². The monoisotopic (exact) mass is 686 g/mol. The molecule has 9 heteroatoms. The van der Waals surface area contributed by atoms with Gasteiger partial charge in [-0.15, -0.1) is 0 Å². The molecule has 0 aromatic heterocycles. The van der Waals surface area contributed by atoms with Crippen LogP contribution in [0, 0.1) is 23.7 Å². The maximum atomic E-state index is 14.4. The zero-order valence-corrected chi connectivity index (χ0v) is 32.2. The molecule has 0 unspecified atom stereocenters. The first-order valence-corrected chi connectivity index (χ1v) is 21.2. The summed E-state index contributed by atoms with van der Waals surface area (Å²) in [6.07, 6.45) is 10.1. The van der Waals surface area contributed by atoms with Gasteiger partial charge in [-0.3, -0.25) is 4.79 Å². The lowest BCUT2D eigenvalue weighted by atomic mass is 9.71. The fourth-order valence-electron chi connectivity index (χ4n) is 8.07. The third-order valence-electron chi connectivity index (χ3n) is 12.1. The summed E-state index contributed by atoms with van der Waals surface area (Å²) in [4.78, 5) is 14.4. The van der Waals surface area contributed by atoms with Gasteiger partial charge in [0.25, 0.3) is 0 Å². The second-order valence-corrected chi connectivity index (χ2v) is 22.1. The fraction of sp³-hybridized carbons (Fsp3) is 0.769. The van der Waals surface area contributed by atoms with Crippen molar-refractivity contribution >= 4 is 14.3 Å². The van der Waals surface area contributed by atoms with Gasteiger partial charge in [-0.25, -0.2) is 0 Å². The van der Waals surface area contributed by atoms with E-state index in [0.717, 1.165) is 24.0 Å². The maximum absolute atomic E-state index is 14.4. The third kappa shape index (κ3) is 7.25. The second kappa shape index (κ2) is 13.8. The Labute approximate surface area is 290 Å². The van der Waals surface area contributed by atoms with E-state index < -0.39 is 56.0 Å². The van der Waals surface area contributed by atoms with Crippen LogP contribution >= 0.6 is 0 Å². The molecule has 4 heterocycles. The summed E-state index contributed by atoms with van der Waals surface area (Å²) in [5.74, 6) is -1.78. The molecule has 3 fully saturated rings. The zero-order chi connectivity index (χ0) is 35.4. The summed E-state index contributed by atoms with van der Waals surface area (Å²) < 4.78 is 33.3. The first kappa shape index (κ1) is 37.7. The van der Waals surface area contributed by atoms with E-state index in [0.29, 0.717) is 36.7 Å². The summed E-state index contributed by atoms with van der Waals surface area (Å²) in [5.41, 5.74) is 0.670. The van der Waals surface area contributed by atoms with Crippen LogP contribution < -0.4 is 0 Å². The van der Waals surface area contributed by atoms with Gasteiger partial charge in [0.2, 0.25) is 0 Å². The lowest BCUT2D eigenvalue weighted by molar-refractivity contribution is -0.340. The number of rotatable bonds is 3. The normalized spacial score (nSPS) is 44.2. The van der Waals surface area contributed by atoms with Crippen molar-refractivity contribution in [3.05, 3.63) is 47.1 Å². The van der Waals surface area contributed by atoms with Crippen LogP contribution in [0.3, 0.4) is 0 Å². The highest BCUT2D eigenvalue weighted by Crippen LogP contribution is 2.50. The van der Waals surface area contributed by atoms with Gasteiger partial charge in [0.1, 0.15) is 23.7 Å². The van der Waals surface area contributed by atoms with Crippen molar-refractivity contribution < 1.29 is 38.4 Å². The van der Waals surface area contributed by atoms with Gasteiger partial charge in [-0.05, 0) is 73.4 Å². The molecule has 0 amide bonds. The van der Waals surface area contributed by atoms with Gasteiger partial charge in [0.05, 0.1) is 31.0 Å². The van der Waals surface area contributed by atoms with E-state index in [1.165, 1.54) is 0 Å². The van der Waals surface area contributed by atoms with E-state index in [4.69, 9.17) is 23.4 Å². The van der Waals surface area contributed by atoms with E-state index in [-0.39, 0.29) is 29.8 Å². The molecule has 4 aliphatic heterocycles. The number of fused-ring (bicyclic) bond motifs is 2. The van der Waals surface area contributed by atoms with Crippen LogP contribution in [0.2, 0.25) is 18.1 Å². The summed E-state index contributed by atoms with van der Waals surface area (Å²) in [6.45, 7) is 23.6. The van der Waals surface area contributed by atoms with Crippen molar-refractivity contribution in [2.24, 2.45) is 23.7 Å². The number of hydrogen-bond donors (Lipinski definition) is 2. The predicted octanol–water partition coefficient (Wildman–Crippen LogP) is 7.17. The Hall–Kier alpha value is -1.59. The van der Waals surface area contributed by atoms with Crippen LogP contribution in [0.4, 0.5) is 0 Å². The molecule has 0 aromatic carbocycles. The molecule has 48 heavy (non-hydrogen) atoms. The van der Waals surface area contributed by atoms with Crippen LogP contribution in [0.25, 0.3) is 0 Å². The van der Waals surface area contributed by atoms with E-state index >= 15 is 0 Å². The van der Waals surface area contributed by atoms with Gasteiger partial charge in [0.15, 0.2) is 14.1 Å². The summed E-state index contributed by atoms with van der Waals surface area (Å²) >= 11 is 0. The number of carbonyl (C=O) groups excluding carboxylic acids is 1. The molecule has 3 saturated heterocycles. The standard InChI is InChI=1S/C39H62O8Si/c1-23(2)33-26(5)17-18-38(46-33)21-30-20-29(45-38)16-15-25(4)32(40)24(3)13-12-14-28-22-43-35-34(47-48(10,11)37(7,8)9)27(6)19-31(36(41)44-30)39(28,35)42/h12-15,19,23-24,26,29-35,40,42H,16-18,20-22H2,1-11H3/b13-12+,25-15+,28-14+/t24-,26-,29+,30-,31-,32+,33+,34+,35+,38+,39+/m0/s1. The van der Waals surface area contributed by atoms with Crippen molar-refractivity contribution in [2.75, 3.05) is 6.61 Å². The zero-order valence-electron chi connectivity index (χ0n) is 31.2. The van der Waals surface area contributed by atoms with Gasteiger partial charge in [-0.1, -0.05) is 78.8 Å². The van der Waals surface area contributed by atoms with E-state index in [1.54, 1.807) is 0 Å². The number of esters is 1. The Morgan fingerprint density at radius 3 is 2.46 bits per heavy atom. The third-order valence-corrected chi connectivity index (χ3v) is 16.6. The highest BCUT2D eigenvalue weighted by molar-refractivity contribution is 6.74. The number of aliphatic hydroxyl groups is 2. The summed E-state index contributed by atoms with van der Waals surface area (Å²) in [5, 5.41) is 23.9. The minimum Gasteiger partial charge on any atom is -0.462 e. The lowest BCUT2D eigenvalue weighted by Crippen LogP contribution is -2.60. The van der Waals surface area contributed by atoms with Crippen molar-refractivity contribution in [3.63, 3.8) is 0 Å². The minimum absolute atomic E-state index is 0.0324. The van der Waals surface area contributed by atoms with E-state index in [9.17, 15) is 15.0 Å². The second-order valence-electron chi connectivity index (χ2n) is 17.3. The Balaban J connectivity index is 1.56. The average Bonchev–Trinajstić information content (AvgIpc) is 3.33. The van der Waals surface area contributed by atoms with Crippen LogP contribution in [-0.4, -0.2) is 79.1 Å². The molecular formula is C39H62O8Si. The Kier molecular flexibility index (Phi) is 10.9. The van der Waals surface area contributed by atoms with Gasteiger partial charge < -0.3 is 33.6 Å². The summed E-state index contributed by atoms with van der Waals surface area (Å²) in [7, 11) is -2.28. The molecule has 11 atom stereocenters. The Bertz CT molecular complexity index is 1330. The lowest BCUT2D eigenvalue weighted by Gasteiger charge is -2.51. The molecule has 1 aliphatic carbocycles. The van der Waals surface area contributed by atoms with Gasteiger partial charge in [-0.2, -0.15) is 0 Å². The molecule has 1 spiro atoms. The molecule has 0 aromatic rings. The number of carbonyl (C=O) groups is 1. The highest BCUT2D eigenvalue weighted by Gasteiger charge is 2.61. The minimum atomic E-state index is -2.28. The predicted molar refractivity (Wildman–Crippen MR) is 190 cm³/mol. The van der Waals surface area contributed by atoms with Gasteiger partial charge >= 0.3 is 5.97 Å². The molecule has 2 bridgehead atoms. The highest BCUT2D eigenvalue weighted by atomic mass is 28.4. The molecule has 5 rings (SSSR count). The first-order chi connectivity index (χ1) is 22.3.